The molecule has 0 fully saturated rings. The van der Waals surface area contributed by atoms with Crippen LogP contribution in [-0.4, -0.2) is 22.5 Å². The van der Waals surface area contributed by atoms with E-state index in [1.165, 1.54) is 16.9 Å². The van der Waals surface area contributed by atoms with Gasteiger partial charge in [-0.1, -0.05) is 0 Å². The largest absolute Gasteiger partial charge is 0.397 e. The Labute approximate surface area is 82.5 Å². The molecule has 2 N–H and O–H groups in total. The van der Waals surface area contributed by atoms with Crippen molar-refractivity contribution < 1.29 is 4.74 Å². The second kappa shape index (κ2) is 3.79. The van der Waals surface area contributed by atoms with Crippen molar-refractivity contribution in [1.82, 2.24) is 9.78 Å². The minimum atomic E-state index is -0.410. The van der Waals surface area contributed by atoms with Crippen molar-refractivity contribution in [1.29, 1.82) is 0 Å². The normalized spacial score (nSPS) is 11.6. The van der Waals surface area contributed by atoms with Crippen LogP contribution in [0.25, 0.3) is 0 Å². The van der Waals surface area contributed by atoms with Crippen LogP contribution in [0.5, 0.6) is 0 Å². The Balaban J connectivity index is 2.93. The van der Waals surface area contributed by atoms with Crippen LogP contribution in [0.15, 0.2) is 17.1 Å². The first-order chi connectivity index (χ1) is 6.44. The zero-order valence-electron chi connectivity index (χ0n) is 8.65. The lowest BCUT2D eigenvalue weighted by Gasteiger charge is -2.22. The standard InChI is InChI=1S/C9H15N3O2/c1-9(2,14-3)6-12-8(13)4-7(10)5-11-12/h4-5H,6,10H2,1-3H3. The van der Waals surface area contributed by atoms with Crippen LogP contribution in [-0.2, 0) is 11.3 Å². The second-order valence-corrected chi connectivity index (χ2v) is 3.75. The van der Waals surface area contributed by atoms with Gasteiger partial charge < -0.3 is 10.5 Å². The van der Waals surface area contributed by atoms with Gasteiger partial charge in [-0.25, -0.2) is 4.68 Å². The lowest BCUT2D eigenvalue weighted by molar-refractivity contribution is 0.00427. The fourth-order valence-electron chi connectivity index (χ4n) is 0.992. The van der Waals surface area contributed by atoms with Crippen molar-refractivity contribution in [2.45, 2.75) is 26.0 Å². The van der Waals surface area contributed by atoms with E-state index >= 15 is 0 Å². The molecular formula is C9H15N3O2. The molecule has 1 aromatic heterocycles. The third-order valence-electron chi connectivity index (χ3n) is 1.97. The third kappa shape index (κ3) is 2.56. The van der Waals surface area contributed by atoms with Gasteiger partial charge in [0.05, 0.1) is 24.0 Å². The lowest BCUT2D eigenvalue weighted by Crippen LogP contribution is -2.35. The molecule has 5 heteroatoms. The number of hydrogen-bond acceptors (Lipinski definition) is 4. The van der Waals surface area contributed by atoms with E-state index < -0.39 is 5.60 Å². The summed E-state index contributed by atoms with van der Waals surface area (Å²) >= 11 is 0. The summed E-state index contributed by atoms with van der Waals surface area (Å²) in [6.45, 7) is 4.18. The quantitative estimate of drug-likeness (QED) is 0.754. The number of methoxy groups -OCH3 is 1. The second-order valence-electron chi connectivity index (χ2n) is 3.75. The molecule has 0 aromatic carbocycles. The molecule has 0 amide bonds. The molecular weight excluding hydrogens is 182 g/mol. The summed E-state index contributed by atoms with van der Waals surface area (Å²) < 4.78 is 6.53. The average Bonchev–Trinajstić information content (AvgIpc) is 2.10. The number of anilines is 1. The SMILES string of the molecule is COC(C)(C)Cn1ncc(N)cc1=O. The number of hydrogen-bond donors (Lipinski definition) is 1. The van der Waals surface area contributed by atoms with Crippen LogP contribution in [0.3, 0.4) is 0 Å². The average molecular weight is 197 g/mol. The summed E-state index contributed by atoms with van der Waals surface area (Å²) in [6.07, 6.45) is 1.45. The van der Waals surface area contributed by atoms with Crippen LogP contribution < -0.4 is 11.3 Å². The molecule has 0 unspecified atom stereocenters. The maximum atomic E-state index is 11.4. The fraction of sp³-hybridized carbons (Fsp3) is 0.556. The van der Waals surface area contributed by atoms with E-state index in [1.807, 2.05) is 13.8 Å². The molecule has 0 atom stereocenters. The van der Waals surface area contributed by atoms with E-state index in [0.717, 1.165) is 0 Å². The number of rotatable bonds is 3. The van der Waals surface area contributed by atoms with Crippen molar-refractivity contribution in [2.24, 2.45) is 0 Å². The smallest absolute Gasteiger partial charge is 0.268 e. The van der Waals surface area contributed by atoms with Crippen LogP contribution in [0.2, 0.25) is 0 Å². The minimum Gasteiger partial charge on any atom is -0.397 e. The van der Waals surface area contributed by atoms with Gasteiger partial charge in [0.25, 0.3) is 5.56 Å². The maximum Gasteiger partial charge on any atom is 0.268 e. The molecule has 0 aliphatic carbocycles. The Morgan fingerprint density at radius 1 is 1.64 bits per heavy atom. The molecule has 5 nitrogen and oxygen atoms in total. The zero-order chi connectivity index (χ0) is 10.8. The molecule has 14 heavy (non-hydrogen) atoms. The van der Waals surface area contributed by atoms with Gasteiger partial charge in [-0.3, -0.25) is 4.79 Å². The van der Waals surface area contributed by atoms with Crippen LogP contribution in [0.4, 0.5) is 5.69 Å². The highest BCUT2D eigenvalue weighted by atomic mass is 16.5. The highest BCUT2D eigenvalue weighted by Crippen LogP contribution is 2.08. The molecule has 0 spiro atoms. The van der Waals surface area contributed by atoms with Gasteiger partial charge in [0.15, 0.2) is 0 Å². The Morgan fingerprint density at radius 3 is 2.79 bits per heavy atom. The van der Waals surface area contributed by atoms with E-state index in [0.29, 0.717) is 12.2 Å². The third-order valence-corrected chi connectivity index (χ3v) is 1.97. The summed E-state index contributed by atoms with van der Waals surface area (Å²) in [5.74, 6) is 0. The van der Waals surface area contributed by atoms with Gasteiger partial charge in [0, 0.05) is 13.2 Å². The molecule has 0 radical (unpaired) electrons. The Bertz CT molecular complexity index is 371. The number of aromatic nitrogens is 2. The summed E-state index contributed by atoms with van der Waals surface area (Å²) in [5, 5.41) is 3.91. The van der Waals surface area contributed by atoms with Gasteiger partial charge in [0.2, 0.25) is 0 Å². The van der Waals surface area contributed by atoms with Gasteiger partial charge in [-0.05, 0) is 13.8 Å². The van der Waals surface area contributed by atoms with Crippen LogP contribution in [0.1, 0.15) is 13.8 Å². The van der Waals surface area contributed by atoms with E-state index in [-0.39, 0.29) is 5.56 Å². The predicted octanol–water partition coefficient (Wildman–Crippen LogP) is 0.251. The first kappa shape index (κ1) is 10.7. The summed E-state index contributed by atoms with van der Waals surface area (Å²) in [4.78, 5) is 11.4. The number of nitrogens with zero attached hydrogens (tertiary/aromatic N) is 2. The first-order valence-electron chi connectivity index (χ1n) is 4.32. The molecule has 0 saturated heterocycles. The van der Waals surface area contributed by atoms with Gasteiger partial charge >= 0.3 is 0 Å². The summed E-state index contributed by atoms with van der Waals surface area (Å²) in [6, 6.07) is 1.35. The molecule has 78 valence electrons. The van der Waals surface area contributed by atoms with Gasteiger partial charge in [0.1, 0.15) is 0 Å². The monoisotopic (exact) mass is 197 g/mol. The summed E-state index contributed by atoms with van der Waals surface area (Å²) in [5.41, 5.74) is 5.17. The number of nitrogen functional groups attached to an aromatic ring is 1. The molecule has 0 aliphatic rings. The predicted molar refractivity (Wildman–Crippen MR) is 54.0 cm³/mol. The molecule has 0 saturated carbocycles. The fourth-order valence-corrected chi connectivity index (χ4v) is 0.992. The Hall–Kier alpha value is -1.36. The van der Waals surface area contributed by atoms with Crippen molar-refractivity contribution in [2.75, 3.05) is 12.8 Å². The molecule has 0 aliphatic heterocycles. The molecule has 1 aromatic rings. The van der Waals surface area contributed by atoms with Crippen LogP contribution in [0, 0.1) is 0 Å². The first-order valence-corrected chi connectivity index (χ1v) is 4.32. The zero-order valence-corrected chi connectivity index (χ0v) is 8.65. The number of nitrogens with two attached hydrogens (primary N) is 1. The molecule has 0 bridgehead atoms. The molecule has 1 heterocycles. The topological polar surface area (TPSA) is 70.1 Å². The minimum absolute atomic E-state index is 0.213. The van der Waals surface area contributed by atoms with Gasteiger partial charge in [-0.15, -0.1) is 0 Å². The van der Waals surface area contributed by atoms with Crippen molar-refractivity contribution >= 4 is 5.69 Å². The van der Waals surface area contributed by atoms with E-state index in [1.54, 1.807) is 7.11 Å². The van der Waals surface area contributed by atoms with Crippen molar-refractivity contribution in [3.05, 3.63) is 22.6 Å². The van der Waals surface area contributed by atoms with Crippen LogP contribution >= 0.6 is 0 Å². The Morgan fingerprint density at radius 2 is 2.29 bits per heavy atom. The van der Waals surface area contributed by atoms with Gasteiger partial charge in [-0.2, -0.15) is 5.10 Å². The molecule has 1 rings (SSSR count). The van der Waals surface area contributed by atoms with E-state index in [4.69, 9.17) is 10.5 Å². The highest BCUT2D eigenvalue weighted by molar-refractivity contribution is 5.31. The Kier molecular flexibility index (Phi) is 2.90. The van der Waals surface area contributed by atoms with E-state index in [9.17, 15) is 4.79 Å². The van der Waals surface area contributed by atoms with E-state index in [2.05, 4.69) is 5.10 Å². The highest BCUT2D eigenvalue weighted by Gasteiger charge is 2.18. The summed E-state index contributed by atoms with van der Waals surface area (Å²) in [7, 11) is 1.60. The van der Waals surface area contributed by atoms with Crippen molar-refractivity contribution in [3.8, 4) is 0 Å². The maximum absolute atomic E-state index is 11.4. The lowest BCUT2D eigenvalue weighted by atomic mass is 10.1. The van der Waals surface area contributed by atoms with Crippen molar-refractivity contribution in [3.63, 3.8) is 0 Å². The number of ether oxygens (including phenoxy) is 1.